The normalized spacial score (nSPS) is 24.8. The third-order valence-corrected chi connectivity index (χ3v) is 6.46. The zero-order valence-corrected chi connectivity index (χ0v) is 17.8. The van der Waals surface area contributed by atoms with Crippen LogP contribution in [0.4, 0.5) is 30.8 Å². The van der Waals surface area contributed by atoms with Gasteiger partial charge < -0.3 is 20.5 Å². The Kier molecular flexibility index (Phi) is 5.52. The first-order valence-electron chi connectivity index (χ1n) is 11.0. The average molecular weight is 463 g/mol. The Hall–Kier alpha value is -3.07. The number of nitrogen functional groups attached to an aromatic ring is 1. The maximum absolute atomic E-state index is 13.1. The van der Waals surface area contributed by atoms with Gasteiger partial charge in [-0.1, -0.05) is 0 Å². The average Bonchev–Trinajstić information content (AvgIpc) is 3.16. The number of nitriles is 1. The minimum Gasteiger partial charge on any atom is -0.487 e. The lowest BCUT2D eigenvalue weighted by atomic mass is 9.93. The summed E-state index contributed by atoms with van der Waals surface area (Å²) in [4.78, 5) is 7.66. The standard InChI is InChI=1S/C21H24F3N7O2/c22-21(23,24)15-8-27-20(28-18(15)26)29-19-17(33-10-11-4-5-32-9-11)16(14-6-12(14)7-25)30-31(19)13-2-1-3-13/h8,11-14H,1-6,9-10H2,(H3,26,27,28,29)/t11?,12?,14-/m1/s1. The molecular formula is C21H24F3N7O2. The number of aromatic nitrogens is 4. The predicted octanol–water partition coefficient (Wildman–Crippen LogP) is 3.79. The van der Waals surface area contributed by atoms with Crippen molar-refractivity contribution in [3.8, 4) is 11.8 Å². The monoisotopic (exact) mass is 463 g/mol. The molecule has 33 heavy (non-hydrogen) atoms. The third-order valence-electron chi connectivity index (χ3n) is 6.46. The number of nitrogens with zero attached hydrogens (tertiary/aromatic N) is 5. The van der Waals surface area contributed by atoms with Gasteiger partial charge in [0.25, 0.3) is 0 Å². The molecule has 1 aliphatic heterocycles. The second-order valence-electron chi connectivity index (χ2n) is 8.83. The molecule has 9 nitrogen and oxygen atoms in total. The second-order valence-corrected chi connectivity index (χ2v) is 8.83. The minimum atomic E-state index is -4.64. The van der Waals surface area contributed by atoms with Gasteiger partial charge in [-0.3, -0.25) is 0 Å². The van der Waals surface area contributed by atoms with Gasteiger partial charge >= 0.3 is 6.18 Å². The maximum atomic E-state index is 13.1. The van der Waals surface area contributed by atoms with Gasteiger partial charge in [0.15, 0.2) is 11.6 Å². The summed E-state index contributed by atoms with van der Waals surface area (Å²) in [5.74, 6) is 0.320. The molecule has 2 saturated carbocycles. The van der Waals surface area contributed by atoms with Gasteiger partial charge in [0.2, 0.25) is 5.95 Å². The number of alkyl halides is 3. The van der Waals surface area contributed by atoms with Crippen LogP contribution in [-0.4, -0.2) is 39.6 Å². The van der Waals surface area contributed by atoms with E-state index in [1.807, 2.05) is 4.68 Å². The molecular weight excluding hydrogens is 439 g/mol. The molecule has 0 amide bonds. The van der Waals surface area contributed by atoms with Crippen molar-refractivity contribution in [3.05, 3.63) is 17.5 Å². The van der Waals surface area contributed by atoms with Crippen molar-refractivity contribution in [1.82, 2.24) is 19.7 Å². The highest BCUT2D eigenvalue weighted by atomic mass is 19.4. The molecule has 2 aromatic rings. The predicted molar refractivity (Wildman–Crippen MR) is 111 cm³/mol. The van der Waals surface area contributed by atoms with Crippen molar-refractivity contribution in [2.75, 3.05) is 30.9 Å². The first kappa shape index (κ1) is 21.8. The summed E-state index contributed by atoms with van der Waals surface area (Å²) < 4.78 is 52.6. The molecule has 3 N–H and O–H groups in total. The number of halogens is 3. The highest BCUT2D eigenvalue weighted by molar-refractivity contribution is 5.63. The summed E-state index contributed by atoms with van der Waals surface area (Å²) in [6.07, 6.45) is 0.519. The van der Waals surface area contributed by atoms with Crippen LogP contribution < -0.4 is 15.8 Å². The van der Waals surface area contributed by atoms with Crippen LogP contribution in [0.2, 0.25) is 0 Å². The molecule has 3 heterocycles. The molecule has 0 radical (unpaired) electrons. The summed E-state index contributed by atoms with van der Waals surface area (Å²) in [7, 11) is 0. The van der Waals surface area contributed by atoms with Crippen LogP contribution in [0.3, 0.4) is 0 Å². The van der Waals surface area contributed by atoms with Crippen molar-refractivity contribution >= 4 is 17.6 Å². The van der Waals surface area contributed by atoms with Crippen molar-refractivity contribution < 1.29 is 22.6 Å². The SMILES string of the molecule is N#CC1C[C@H]1c1nn(C2CCC2)c(Nc2ncc(C(F)(F)F)c(N)n2)c1OCC1CCOC1. The van der Waals surface area contributed by atoms with E-state index in [2.05, 4.69) is 21.4 Å². The second kappa shape index (κ2) is 8.37. The van der Waals surface area contributed by atoms with Crippen LogP contribution in [0.5, 0.6) is 5.75 Å². The topological polar surface area (TPSA) is 124 Å². The van der Waals surface area contributed by atoms with Crippen molar-refractivity contribution in [2.45, 2.75) is 50.2 Å². The minimum absolute atomic E-state index is 0.0368. The van der Waals surface area contributed by atoms with Crippen LogP contribution >= 0.6 is 0 Å². The largest absolute Gasteiger partial charge is 0.487 e. The van der Waals surface area contributed by atoms with Crippen LogP contribution in [0, 0.1) is 23.2 Å². The van der Waals surface area contributed by atoms with E-state index in [0.717, 1.165) is 25.7 Å². The fourth-order valence-electron chi connectivity index (χ4n) is 4.17. The molecule has 12 heteroatoms. The molecule has 3 aliphatic rings. The van der Waals surface area contributed by atoms with Gasteiger partial charge in [0.1, 0.15) is 17.1 Å². The van der Waals surface area contributed by atoms with Gasteiger partial charge in [-0.2, -0.15) is 28.5 Å². The van der Waals surface area contributed by atoms with Gasteiger partial charge in [-0.05, 0) is 32.1 Å². The number of rotatable bonds is 7. The van der Waals surface area contributed by atoms with Gasteiger partial charge in [0, 0.05) is 24.6 Å². The number of hydrogen-bond acceptors (Lipinski definition) is 8. The number of ether oxygens (including phenoxy) is 2. The molecule has 3 fully saturated rings. The summed E-state index contributed by atoms with van der Waals surface area (Å²) in [5, 5.41) is 17.2. The molecule has 0 spiro atoms. The van der Waals surface area contributed by atoms with E-state index in [4.69, 9.17) is 20.3 Å². The Morgan fingerprint density at radius 2 is 2.15 bits per heavy atom. The fraction of sp³-hybridized carbons (Fsp3) is 0.619. The molecule has 2 aromatic heterocycles. The Balaban J connectivity index is 1.50. The molecule has 2 aliphatic carbocycles. The quantitative estimate of drug-likeness (QED) is 0.636. The van der Waals surface area contributed by atoms with Crippen molar-refractivity contribution in [1.29, 1.82) is 5.26 Å². The highest BCUT2D eigenvalue weighted by Gasteiger charge is 2.45. The van der Waals surface area contributed by atoms with Crippen molar-refractivity contribution in [2.24, 2.45) is 11.8 Å². The maximum Gasteiger partial charge on any atom is 0.421 e. The smallest absolute Gasteiger partial charge is 0.421 e. The van der Waals surface area contributed by atoms with Gasteiger partial charge in [-0.25, -0.2) is 9.67 Å². The Morgan fingerprint density at radius 3 is 2.73 bits per heavy atom. The Labute approximate surface area is 188 Å². The lowest BCUT2D eigenvalue weighted by Gasteiger charge is -2.27. The molecule has 3 atom stereocenters. The Morgan fingerprint density at radius 1 is 1.33 bits per heavy atom. The van der Waals surface area contributed by atoms with E-state index in [-0.39, 0.29) is 29.7 Å². The summed E-state index contributed by atoms with van der Waals surface area (Å²) in [6, 6.07) is 2.41. The van der Waals surface area contributed by atoms with E-state index in [1.54, 1.807) is 0 Å². The molecule has 1 saturated heterocycles. The molecule has 0 bridgehead atoms. The van der Waals surface area contributed by atoms with E-state index >= 15 is 0 Å². The summed E-state index contributed by atoms with van der Waals surface area (Å²) in [5.41, 5.74) is 5.16. The molecule has 0 aromatic carbocycles. The van der Waals surface area contributed by atoms with Crippen LogP contribution in [0.1, 0.15) is 55.3 Å². The number of nitrogens with two attached hydrogens (primary N) is 1. The van der Waals surface area contributed by atoms with Crippen LogP contribution in [-0.2, 0) is 10.9 Å². The highest BCUT2D eigenvalue weighted by Crippen LogP contribution is 2.52. The first-order valence-corrected chi connectivity index (χ1v) is 11.0. The van der Waals surface area contributed by atoms with E-state index in [0.29, 0.717) is 49.7 Å². The lowest BCUT2D eigenvalue weighted by Crippen LogP contribution is -2.20. The van der Waals surface area contributed by atoms with Gasteiger partial charge in [-0.15, -0.1) is 0 Å². The zero-order valence-electron chi connectivity index (χ0n) is 17.8. The molecule has 2 unspecified atom stereocenters. The summed E-state index contributed by atoms with van der Waals surface area (Å²) in [6.45, 7) is 1.71. The molecule has 176 valence electrons. The van der Waals surface area contributed by atoms with E-state index in [1.165, 1.54) is 0 Å². The van der Waals surface area contributed by atoms with Gasteiger partial charge in [0.05, 0.1) is 31.2 Å². The van der Waals surface area contributed by atoms with Crippen LogP contribution in [0.25, 0.3) is 0 Å². The lowest BCUT2D eigenvalue weighted by molar-refractivity contribution is -0.137. The van der Waals surface area contributed by atoms with E-state index < -0.39 is 17.6 Å². The number of nitrogens with one attached hydrogen (secondary N) is 1. The first-order chi connectivity index (χ1) is 15.8. The Bertz CT molecular complexity index is 1070. The fourth-order valence-corrected chi connectivity index (χ4v) is 4.17. The number of anilines is 3. The number of hydrogen-bond donors (Lipinski definition) is 2. The third kappa shape index (κ3) is 4.29. The zero-order chi connectivity index (χ0) is 23.2. The molecule has 5 rings (SSSR count). The van der Waals surface area contributed by atoms with Crippen LogP contribution in [0.15, 0.2) is 6.20 Å². The van der Waals surface area contributed by atoms with Crippen molar-refractivity contribution in [3.63, 3.8) is 0 Å². The summed E-state index contributed by atoms with van der Waals surface area (Å²) >= 11 is 0. The van der Waals surface area contributed by atoms with E-state index in [9.17, 15) is 18.4 Å².